The first-order valence-corrected chi connectivity index (χ1v) is 7.96. The Morgan fingerprint density at radius 1 is 1.12 bits per heavy atom. The molecule has 0 radical (unpaired) electrons. The van der Waals surface area contributed by atoms with Crippen LogP contribution in [0.1, 0.15) is 57.2 Å². The number of benzene rings is 1. The van der Waals surface area contributed by atoms with Crippen LogP contribution in [-0.2, 0) is 0 Å². The molecule has 0 N–H and O–H groups in total. The zero-order valence-corrected chi connectivity index (χ0v) is 12.0. The first-order valence-electron chi connectivity index (χ1n) is 6.89. The summed E-state index contributed by atoms with van der Waals surface area (Å²) in [5, 5.41) is 4.67. The second kappa shape index (κ2) is 6.26. The van der Waals surface area contributed by atoms with E-state index in [2.05, 4.69) is 43.9 Å². The van der Waals surface area contributed by atoms with Crippen LogP contribution in [-0.4, -0.2) is 0 Å². The van der Waals surface area contributed by atoms with Crippen molar-refractivity contribution in [1.29, 1.82) is 0 Å². The Balaban J connectivity index is 2.01. The number of rotatable bonds is 6. The SMILES string of the molecule is CCCCCCC(C)c1[pH]cc2ccccc12. The third-order valence-corrected chi connectivity index (χ3v) is 5.15. The van der Waals surface area contributed by atoms with E-state index in [-0.39, 0.29) is 0 Å². The van der Waals surface area contributed by atoms with Crippen molar-refractivity contribution in [2.75, 3.05) is 0 Å². The maximum absolute atomic E-state index is 2.41. The van der Waals surface area contributed by atoms with Crippen LogP contribution in [0.25, 0.3) is 10.8 Å². The van der Waals surface area contributed by atoms with E-state index in [1.54, 1.807) is 5.30 Å². The Morgan fingerprint density at radius 3 is 2.76 bits per heavy atom. The van der Waals surface area contributed by atoms with Gasteiger partial charge in [-0.05, 0) is 34.2 Å². The first kappa shape index (κ1) is 12.7. The second-order valence-electron chi connectivity index (χ2n) is 5.04. The smallest absolute Gasteiger partial charge is 0.0109 e. The molecule has 92 valence electrons. The van der Waals surface area contributed by atoms with E-state index in [0.717, 1.165) is 14.1 Å². The van der Waals surface area contributed by atoms with Crippen molar-refractivity contribution in [2.24, 2.45) is 0 Å². The highest BCUT2D eigenvalue weighted by molar-refractivity contribution is 7.31. The van der Waals surface area contributed by atoms with E-state index in [1.165, 1.54) is 42.9 Å². The molecular formula is C16H23P. The van der Waals surface area contributed by atoms with Crippen molar-refractivity contribution in [2.45, 2.75) is 51.9 Å². The zero-order valence-electron chi connectivity index (χ0n) is 11.0. The lowest BCUT2D eigenvalue weighted by Crippen LogP contribution is -1.90. The van der Waals surface area contributed by atoms with Crippen LogP contribution in [0.15, 0.2) is 30.1 Å². The van der Waals surface area contributed by atoms with Gasteiger partial charge in [0.15, 0.2) is 0 Å². The van der Waals surface area contributed by atoms with E-state index in [0.29, 0.717) is 0 Å². The third kappa shape index (κ3) is 3.13. The van der Waals surface area contributed by atoms with E-state index in [1.807, 2.05) is 0 Å². The van der Waals surface area contributed by atoms with Crippen molar-refractivity contribution in [3.05, 3.63) is 35.4 Å². The topological polar surface area (TPSA) is 0 Å². The van der Waals surface area contributed by atoms with Crippen LogP contribution in [0.3, 0.4) is 0 Å². The molecular weight excluding hydrogens is 223 g/mol. The molecule has 2 unspecified atom stereocenters. The third-order valence-electron chi connectivity index (χ3n) is 3.62. The summed E-state index contributed by atoms with van der Waals surface area (Å²) < 4.78 is 0. The maximum Gasteiger partial charge on any atom is -0.0109 e. The number of hydrogen-bond donors (Lipinski definition) is 0. The van der Waals surface area contributed by atoms with Gasteiger partial charge in [-0.2, -0.15) is 0 Å². The summed E-state index contributed by atoms with van der Waals surface area (Å²) >= 11 is 0. The van der Waals surface area contributed by atoms with Crippen LogP contribution in [0, 0.1) is 0 Å². The Bertz CT molecular complexity index is 455. The van der Waals surface area contributed by atoms with Crippen molar-refractivity contribution in [3.8, 4) is 0 Å². The van der Waals surface area contributed by atoms with Crippen molar-refractivity contribution >= 4 is 19.0 Å². The van der Waals surface area contributed by atoms with Gasteiger partial charge < -0.3 is 0 Å². The molecule has 0 spiro atoms. The molecule has 0 amide bonds. The molecule has 0 aliphatic carbocycles. The quantitative estimate of drug-likeness (QED) is 0.553. The lowest BCUT2D eigenvalue weighted by molar-refractivity contribution is 0.586. The molecule has 0 fully saturated rings. The Kier molecular flexibility index (Phi) is 4.68. The summed E-state index contributed by atoms with van der Waals surface area (Å²) in [4.78, 5) is 0. The molecule has 1 heteroatoms. The Labute approximate surface area is 107 Å². The highest BCUT2D eigenvalue weighted by Gasteiger charge is 2.09. The van der Waals surface area contributed by atoms with Gasteiger partial charge in [0.2, 0.25) is 0 Å². The van der Waals surface area contributed by atoms with E-state index < -0.39 is 0 Å². The summed E-state index contributed by atoms with van der Waals surface area (Å²) in [6.45, 7) is 4.69. The van der Waals surface area contributed by atoms with E-state index in [9.17, 15) is 0 Å². The molecule has 0 saturated carbocycles. The molecule has 1 aromatic carbocycles. The summed E-state index contributed by atoms with van der Waals surface area (Å²) in [6.07, 6.45) is 6.90. The normalized spacial score (nSPS) is 13.5. The average Bonchev–Trinajstić information content (AvgIpc) is 2.78. The van der Waals surface area contributed by atoms with Gasteiger partial charge in [-0.3, -0.25) is 0 Å². The minimum absolute atomic E-state index is 0.769. The first-order chi connectivity index (χ1) is 8.33. The van der Waals surface area contributed by atoms with Crippen molar-refractivity contribution in [1.82, 2.24) is 0 Å². The Morgan fingerprint density at radius 2 is 1.94 bits per heavy atom. The second-order valence-corrected chi connectivity index (χ2v) is 6.16. The molecule has 1 aromatic heterocycles. The van der Waals surface area contributed by atoms with E-state index in [4.69, 9.17) is 0 Å². The van der Waals surface area contributed by atoms with Crippen molar-refractivity contribution in [3.63, 3.8) is 0 Å². The summed E-state index contributed by atoms with van der Waals surface area (Å²) in [6, 6.07) is 8.86. The zero-order chi connectivity index (χ0) is 12.1. The fourth-order valence-corrected chi connectivity index (χ4v) is 3.91. The van der Waals surface area contributed by atoms with Crippen LogP contribution in [0.4, 0.5) is 0 Å². The minimum Gasteiger partial charge on any atom is -0.135 e. The lowest BCUT2D eigenvalue weighted by Gasteiger charge is -2.10. The molecule has 1 heterocycles. The summed E-state index contributed by atoms with van der Waals surface area (Å²) in [7, 11) is 0.922. The lowest BCUT2D eigenvalue weighted by atomic mass is 9.98. The fraction of sp³-hybridized carbons (Fsp3) is 0.500. The highest BCUT2D eigenvalue weighted by Crippen LogP contribution is 2.37. The van der Waals surface area contributed by atoms with Crippen molar-refractivity contribution < 1.29 is 0 Å². The fourth-order valence-electron chi connectivity index (χ4n) is 2.53. The molecule has 0 aliphatic heterocycles. The Hall–Kier alpha value is -0.740. The van der Waals surface area contributed by atoms with Gasteiger partial charge in [0, 0.05) is 0 Å². The van der Waals surface area contributed by atoms with Gasteiger partial charge in [0.05, 0.1) is 0 Å². The van der Waals surface area contributed by atoms with Gasteiger partial charge in [0.1, 0.15) is 0 Å². The highest BCUT2D eigenvalue weighted by atomic mass is 31.0. The molecule has 0 bridgehead atoms. The van der Waals surface area contributed by atoms with Crippen LogP contribution < -0.4 is 0 Å². The van der Waals surface area contributed by atoms with Gasteiger partial charge in [0.25, 0.3) is 0 Å². The summed E-state index contributed by atoms with van der Waals surface area (Å²) in [5.74, 6) is 3.18. The molecule has 2 rings (SSSR count). The van der Waals surface area contributed by atoms with Crippen LogP contribution in [0.5, 0.6) is 0 Å². The molecule has 0 nitrogen and oxygen atoms in total. The molecule has 0 aliphatic rings. The summed E-state index contributed by atoms with van der Waals surface area (Å²) in [5.41, 5.74) is 0. The van der Waals surface area contributed by atoms with Crippen LogP contribution >= 0.6 is 8.19 Å². The monoisotopic (exact) mass is 246 g/mol. The molecule has 2 aromatic rings. The average molecular weight is 246 g/mol. The van der Waals surface area contributed by atoms with Gasteiger partial charge in [-0.15, -0.1) is 8.19 Å². The van der Waals surface area contributed by atoms with Gasteiger partial charge >= 0.3 is 0 Å². The minimum atomic E-state index is 0.769. The van der Waals surface area contributed by atoms with Gasteiger partial charge in [-0.1, -0.05) is 63.8 Å². The van der Waals surface area contributed by atoms with Gasteiger partial charge in [-0.25, -0.2) is 0 Å². The molecule has 2 atom stereocenters. The molecule has 0 saturated heterocycles. The maximum atomic E-state index is 2.41. The number of hydrogen-bond acceptors (Lipinski definition) is 0. The number of fused-ring (bicyclic) bond motifs is 1. The van der Waals surface area contributed by atoms with E-state index >= 15 is 0 Å². The predicted molar refractivity (Wildman–Crippen MR) is 80.6 cm³/mol. The predicted octanol–water partition coefficient (Wildman–Crippen LogP) is 5.95. The standard InChI is InChI=1S/C16H23P/c1-3-4-5-6-9-13(2)16-15-11-8-7-10-14(15)12-17-16/h7-8,10-13,17H,3-6,9H2,1-2H3. The largest absolute Gasteiger partial charge is 0.135 e. The number of unbranched alkanes of at least 4 members (excludes halogenated alkanes) is 3. The molecule has 17 heavy (non-hydrogen) atoms. The van der Waals surface area contributed by atoms with Crippen LogP contribution in [0.2, 0.25) is 0 Å².